The molecule has 0 aliphatic rings. The van der Waals surface area contributed by atoms with Gasteiger partial charge in [-0.05, 0) is 17.7 Å². The van der Waals surface area contributed by atoms with Gasteiger partial charge < -0.3 is 5.11 Å². The topological polar surface area (TPSA) is 50.2 Å². The van der Waals surface area contributed by atoms with Crippen LogP contribution in [0, 0.1) is 0 Å². The highest BCUT2D eigenvalue weighted by Gasteiger charge is 2.11. The van der Waals surface area contributed by atoms with E-state index >= 15 is 0 Å². The molecule has 3 nitrogen and oxygen atoms in total. The SMILES string of the molecule is O=C(O)c1ccccc1-c1ccc(-c2ccccc2)nc1. The Morgan fingerprint density at radius 2 is 1.52 bits per heavy atom. The van der Waals surface area contributed by atoms with E-state index in [9.17, 15) is 9.90 Å². The van der Waals surface area contributed by atoms with Gasteiger partial charge in [0.25, 0.3) is 0 Å². The van der Waals surface area contributed by atoms with E-state index in [-0.39, 0.29) is 5.56 Å². The van der Waals surface area contributed by atoms with Crippen molar-refractivity contribution in [3.05, 3.63) is 78.5 Å². The number of carbonyl (C=O) groups is 1. The van der Waals surface area contributed by atoms with Crippen molar-refractivity contribution >= 4 is 5.97 Å². The van der Waals surface area contributed by atoms with Gasteiger partial charge in [-0.25, -0.2) is 4.79 Å². The third-order valence-electron chi connectivity index (χ3n) is 3.30. The van der Waals surface area contributed by atoms with Gasteiger partial charge in [0, 0.05) is 17.3 Å². The van der Waals surface area contributed by atoms with Crippen LogP contribution in [0.15, 0.2) is 72.9 Å². The average Bonchev–Trinajstić information content (AvgIpc) is 2.56. The number of carboxylic acids is 1. The molecule has 1 aromatic heterocycles. The quantitative estimate of drug-likeness (QED) is 0.782. The van der Waals surface area contributed by atoms with Crippen molar-refractivity contribution in [3.8, 4) is 22.4 Å². The molecule has 21 heavy (non-hydrogen) atoms. The fourth-order valence-electron chi connectivity index (χ4n) is 2.25. The smallest absolute Gasteiger partial charge is 0.336 e. The maximum Gasteiger partial charge on any atom is 0.336 e. The highest BCUT2D eigenvalue weighted by atomic mass is 16.4. The highest BCUT2D eigenvalue weighted by molar-refractivity contribution is 5.95. The van der Waals surface area contributed by atoms with Crippen molar-refractivity contribution in [1.29, 1.82) is 0 Å². The summed E-state index contributed by atoms with van der Waals surface area (Å²) in [5.74, 6) is -0.933. The molecule has 0 aliphatic heterocycles. The summed E-state index contributed by atoms with van der Waals surface area (Å²) in [6.45, 7) is 0. The summed E-state index contributed by atoms with van der Waals surface area (Å²) >= 11 is 0. The maximum absolute atomic E-state index is 11.3. The van der Waals surface area contributed by atoms with E-state index in [1.165, 1.54) is 0 Å². The molecule has 0 aliphatic carbocycles. The number of hydrogen-bond donors (Lipinski definition) is 1. The zero-order valence-corrected chi connectivity index (χ0v) is 11.2. The first kappa shape index (κ1) is 13.1. The Kier molecular flexibility index (Phi) is 3.48. The van der Waals surface area contributed by atoms with E-state index < -0.39 is 5.97 Å². The zero-order chi connectivity index (χ0) is 14.7. The minimum atomic E-state index is -0.933. The molecule has 0 atom stereocenters. The lowest BCUT2D eigenvalue weighted by atomic mass is 10.0. The summed E-state index contributed by atoms with van der Waals surface area (Å²) < 4.78 is 0. The predicted molar refractivity (Wildman–Crippen MR) is 82.1 cm³/mol. The molecule has 102 valence electrons. The molecule has 0 bridgehead atoms. The van der Waals surface area contributed by atoms with E-state index in [1.54, 1.807) is 24.4 Å². The average molecular weight is 275 g/mol. The summed E-state index contributed by atoms with van der Waals surface area (Å²) in [6, 6.07) is 20.6. The molecule has 1 N–H and O–H groups in total. The number of carboxylic acid groups (broad SMARTS) is 1. The van der Waals surface area contributed by atoms with Crippen LogP contribution in [0.2, 0.25) is 0 Å². The van der Waals surface area contributed by atoms with Gasteiger partial charge in [-0.1, -0.05) is 54.6 Å². The monoisotopic (exact) mass is 275 g/mol. The first-order chi connectivity index (χ1) is 10.3. The van der Waals surface area contributed by atoms with Crippen LogP contribution in [0.5, 0.6) is 0 Å². The van der Waals surface area contributed by atoms with E-state index in [2.05, 4.69) is 4.98 Å². The van der Waals surface area contributed by atoms with Crippen molar-refractivity contribution in [2.75, 3.05) is 0 Å². The van der Waals surface area contributed by atoms with Gasteiger partial charge in [-0.2, -0.15) is 0 Å². The van der Waals surface area contributed by atoms with Crippen LogP contribution in [-0.4, -0.2) is 16.1 Å². The van der Waals surface area contributed by atoms with Gasteiger partial charge >= 0.3 is 5.97 Å². The Morgan fingerprint density at radius 1 is 0.810 bits per heavy atom. The van der Waals surface area contributed by atoms with Crippen molar-refractivity contribution in [2.24, 2.45) is 0 Å². The number of hydrogen-bond acceptors (Lipinski definition) is 2. The van der Waals surface area contributed by atoms with Crippen molar-refractivity contribution < 1.29 is 9.90 Å². The van der Waals surface area contributed by atoms with Crippen LogP contribution in [0.3, 0.4) is 0 Å². The Labute approximate surface area is 122 Å². The standard InChI is InChI=1S/C18H13NO2/c20-18(21)16-9-5-4-8-15(16)14-10-11-17(19-12-14)13-6-2-1-3-7-13/h1-12H,(H,20,21). The minimum Gasteiger partial charge on any atom is -0.478 e. The van der Waals surface area contributed by atoms with Crippen molar-refractivity contribution in [3.63, 3.8) is 0 Å². The van der Waals surface area contributed by atoms with E-state index in [1.807, 2.05) is 48.5 Å². The van der Waals surface area contributed by atoms with Crippen LogP contribution >= 0.6 is 0 Å². The Balaban J connectivity index is 2.01. The Hall–Kier alpha value is -2.94. The number of pyridine rings is 1. The largest absolute Gasteiger partial charge is 0.478 e. The van der Waals surface area contributed by atoms with Gasteiger partial charge in [-0.3, -0.25) is 4.98 Å². The molecule has 0 amide bonds. The molecule has 0 fully saturated rings. The number of aromatic nitrogens is 1. The van der Waals surface area contributed by atoms with Gasteiger partial charge in [0.2, 0.25) is 0 Å². The molecule has 3 heteroatoms. The number of nitrogens with zero attached hydrogens (tertiary/aromatic N) is 1. The third-order valence-corrected chi connectivity index (χ3v) is 3.30. The second-order valence-electron chi connectivity index (χ2n) is 4.65. The molecule has 1 heterocycles. The highest BCUT2D eigenvalue weighted by Crippen LogP contribution is 2.25. The van der Waals surface area contributed by atoms with Crippen LogP contribution in [0.1, 0.15) is 10.4 Å². The normalized spacial score (nSPS) is 10.3. The fourth-order valence-corrected chi connectivity index (χ4v) is 2.25. The summed E-state index contributed by atoms with van der Waals surface area (Å²) in [4.78, 5) is 15.7. The molecular weight excluding hydrogens is 262 g/mol. The number of benzene rings is 2. The van der Waals surface area contributed by atoms with Gasteiger partial charge in [-0.15, -0.1) is 0 Å². The second kappa shape index (κ2) is 5.59. The molecule has 0 saturated carbocycles. The molecule has 3 aromatic rings. The first-order valence-corrected chi connectivity index (χ1v) is 6.60. The summed E-state index contributed by atoms with van der Waals surface area (Å²) in [5, 5.41) is 9.24. The van der Waals surface area contributed by atoms with Crippen LogP contribution in [0.25, 0.3) is 22.4 Å². The van der Waals surface area contributed by atoms with Gasteiger partial charge in [0.15, 0.2) is 0 Å². The first-order valence-electron chi connectivity index (χ1n) is 6.60. The van der Waals surface area contributed by atoms with E-state index in [4.69, 9.17) is 0 Å². The van der Waals surface area contributed by atoms with Gasteiger partial charge in [0.1, 0.15) is 0 Å². The molecule has 0 radical (unpaired) electrons. The fraction of sp³-hybridized carbons (Fsp3) is 0. The van der Waals surface area contributed by atoms with Crippen molar-refractivity contribution in [2.45, 2.75) is 0 Å². The summed E-state index contributed by atoms with van der Waals surface area (Å²) in [6.07, 6.45) is 1.71. The molecule has 0 unspecified atom stereocenters. The Morgan fingerprint density at radius 3 is 2.19 bits per heavy atom. The Bertz CT molecular complexity index is 765. The lowest BCUT2D eigenvalue weighted by Crippen LogP contribution is -1.99. The predicted octanol–water partition coefficient (Wildman–Crippen LogP) is 4.11. The molecule has 0 spiro atoms. The molecular formula is C18H13NO2. The van der Waals surface area contributed by atoms with Crippen LogP contribution in [0.4, 0.5) is 0 Å². The lowest BCUT2D eigenvalue weighted by molar-refractivity contribution is 0.0697. The summed E-state index contributed by atoms with van der Waals surface area (Å²) in [7, 11) is 0. The maximum atomic E-state index is 11.3. The lowest BCUT2D eigenvalue weighted by Gasteiger charge is -2.07. The zero-order valence-electron chi connectivity index (χ0n) is 11.2. The summed E-state index contributed by atoms with van der Waals surface area (Å²) in [5.41, 5.74) is 3.67. The van der Waals surface area contributed by atoms with Crippen LogP contribution < -0.4 is 0 Å². The molecule has 0 saturated heterocycles. The van der Waals surface area contributed by atoms with E-state index in [0.717, 1.165) is 16.8 Å². The van der Waals surface area contributed by atoms with E-state index in [0.29, 0.717) is 5.56 Å². The third kappa shape index (κ3) is 2.67. The number of aromatic carboxylic acids is 1. The van der Waals surface area contributed by atoms with Crippen LogP contribution in [-0.2, 0) is 0 Å². The van der Waals surface area contributed by atoms with Crippen molar-refractivity contribution in [1.82, 2.24) is 4.98 Å². The molecule has 3 rings (SSSR count). The minimum absolute atomic E-state index is 0.284. The number of rotatable bonds is 3. The second-order valence-corrected chi connectivity index (χ2v) is 4.65. The van der Waals surface area contributed by atoms with Gasteiger partial charge in [0.05, 0.1) is 11.3 Å². The molecule has 2 aromatic carbocycles.